The third kappa shape index (κ3) is 30.7. The molecule has 39 heteroatoms. The fourth-order valence-corrected chi connectivity index (χ4v) is 9.00. The number of hydrogen-bond acceptors (Lipinski definition) is 24. The summed E-state index contributed by atoms with van der Waals surface area (Å²) >= 11 is -0.0696. The molecule has 0 bridgehead atoms. The Balaban J connectivity index is 0.000000534. The van der Waals surface area contributed by atoms with E-state index in [9.17, 15) is 30.0 Å². The van der Waals surface area contributed by atoms with Crippen molar-refractivity contribution in [3.63, 3.8) is 0 Å². The number of nitrogens with zero attached hydrogens (tertiary/aromatic N) is 9. The fraction of sp³-hybridized carbons (Fsp3) is 0.280. The van der Waals surface area contributed by atoms with Crippen LogP contribution in [-0.4, -0.2) is 113 Å². The molecule has 6 unspecified atom stereocenters. The molecule has 31 nitrogen and oxygen atoms in total. The standard InChI is InChI=1S/C9H13N3O2S2.C9H11N3O2S.C8H11N3O3S.C8H11N3O2S2.2C8H9N3O2S/c1-3-14-16(13)12-8-4-6(2)11-5-7(8)9(10)15;1-3-14-15(13)12-9-4-7(2)11-6-8(9)5-10;1-5-3-7(11-15(13)14-2)6(4-10-5)8(9)12;1-5-3-7(11-15(12)13-2)6(4-10-5)8(9)14;2*1-6-3-8(11-14(12)13-2)7(4-9)5-10-6/h4-5H,3H2,1-2H3,(H2,10,15)(H,11,12);4,6H,3H2,1-2H3,(H,11,12);3-4H,1-2H3,(H2,9,12)(H,10,11);3-4H,1-2H3,(H2,9,14)(H,10,11);2*3,5H,1-2H3,(H,10,11). The maximum atomic E-state index is 11.4. The number of aromatic nitrogens is 6. The van der Waals surface area contributed by atoms with Gasteiger partial charge >= 0.3 is 0 Å². The predicted molar refractivity (Wildman–Crippen MR) is 350 cm³/mol. The van der Waals surface area contributed by atoms with Gasteiger partial charge in [-0.05, 0) is 91.8 Å². The number of primary amides is 1. The van der Waals surface area contributed by atoms with Crippen molar-refractivity contribution in [3.8, 4) is 18.2 Å². The zero-order valence-corrected chi connectivity index (χ0v) is 56.2. The van der Waals surface area contributed by atoms with Crippen molar-refractivity contribution < 1.29 is 55.1 Å². The van der Waals surface area contributed by atoms with Gasteiger partial charge < -0.3 is 17.2 Å². The molecular formula is C50H64N18O13S8. The molecule has 0 fully saturated rings. The summed E-state index contributed by atoms with van der Waals surface area (Å²) in [5.41, 5.74) is 25.7. The molecule has 0 aliphatic carbocycles. The van der Waals surface area contributed by atoms with Crippen molar-refractivity contribution in [2.24, 2.45) is 17.2 Å². The van der Waals surface area contributed by atoms with Gasteiger partial charge in [-0.2, -0.15) is 15.8 Å². The van der Waals surface area contributed by atoms with Crippen LogP contribution in [0.15, 0.2) is 73.6 Å². The molecule has 0 saturated heterocycles. The molecule has 0 radical (unpaired) electrons. The first-order chi connectivity index (χ1) is 42.1. The Bertz CT molecular complexity index is 3510. The highest BCUT2D eigenvalue weighted by Gasteiger charge is 2.14. The van der Waals surface area contributed by atoms with Crippen LogP contribution in [-0.2, 0) is 92.7 Å². The van der Waals surface area contributed by atoms with E-state index < -0.39 is 73.5 Å². The number of nitrogens with two attached hydrogens (primary N) is 3. The van der Waals surface area contributed by atoms with Gasteiger partial charge in [0.05, 0.1) is 109 Å². The SMILES string of the molecule is CCOS(=O)Nc1cc(C)ncc1C#N.CCOS(=O)Nc1cc(C)ncc1C(N)=S.COS(=O)Nc1cc(C)ncc1C#N.COS(=O)Nc1cc(C)ncc1C#N.COS(=O)Nc1cc(C)ncc1C(N)=O.COS(=O)Nc1cc(C)ncc1C(N)=S. The molecule has 0 aliphatic rings. The minimum Gasteiger partial charge on any atom is -0.389 e. The molecule has 6 rings (SSSR count). The lowest BCUT2D eigenvalue weighted by Gasteiger charge is -2.10. The van der Waals surface area contributed by atoms with Crippen LogP contribution in [0.1, 0.15) is 86.2 Å². The smallest absolute Gasteiger partial charge is 0.261 e. The van der Waals surface area contributed by atoms with E-state index in [0.29, 0.717) is 80.8 Å². The average Bonchev–Trinajstić information content (AvgIpc) is 2.88. The lowest BCUT2D eigenvalue weighted by molar-refractivity contribution is 0.100. The molecule has 480 valence electrons. The van der Waals surface area contributed by atoms with Crippen molar-refractivity contribution >= 4 is 142 Å². The molecule has 0 saturated carbocycles. The molecule has 0 aromatic carbocycles. The Morgan fingerprint density at radius 3 is 0.865 bits per heavy atom. The van der Waals surface area contributed by atoms with Crippen molar-refractivity contribution in [1.29, 1.82) is 15.8 Å². The number of amides is 1. The van der Waals surface area contributed by atoms with Crippen molar-refractivity contribution in [1.82, 2.24) is 29.9 Å². The van der Waals surface area contributed by atoms with Crippen molar-refractivity contribution in [2.75, 3.05) is 70.0 Å². The van der Waals surface area contributed by atoms with Crippen LogP contribution in [0.5, 0.6) is 0 Å². The molecule has 12 N–H and O–H groups in total. The van der Waals surface area contributed by atoms with E-state index in [4.69, 9.17) is 65.8 Å². The minimum atomic E-state index is -1.70. The van der Waals surface area contributed by atoms with Crippen molar-refractivity contribution in [3.05, 3.63) is 141 Å². The van der Waals surface area contributed by atoms with Gasteiger partial charge in [0.1, 0.15) is 28.2 Å². The molecule has 6 aromatic rings. The van der Waals surface area contributed by atoms with E-state index in [1.165, 1.54) is 59.4 Å². The number of hydrogen-bond donors (Lipinski definition) is 9. The monoisotopic (exact) mass is 1380 g/mol. The average molecular weight is 1380 g/mol. The van der Waals surface area contributed by atoms with E-state index >= 15 is 0 Å². The Labute approximate surface area is 541 Å². The predicted octanol–water partition coefficient (Wildman–Crippen LogP) is 4.92. The molecule has 6 heterocycles. The zero-order valence-electron chi connectivity index (χ0n) is 49.7. The van der Waals surface area contributed by atoms with Crippen LogP contribution < -0.4 is 45.5 Å². The highest BCUT2D eigenvalue weighted by atomic mass is 32.2. The molecule has 0 spiro atoms. The van der Waals surface area contributed by atoms with Gasteiger partial charge in [-0.25, -0.2) is 25.3 Å². The molecule has 6 aromatic heterocycles. The summed E-state index contributed by atoms with van der Waals surface area (Å²) < 4.78 is 110. The van der Waals surface area contributed by atoms with Gasteiger partial charge in [-0.1, -0.05) is 24.4 Å². The summed E-state index contributed by atoms with van der Waals surface area (Å²) in [6.45, 7) is 14.9. The maximum absolute atomic E-state index is 11.4. The topological polar surface area (TPSA) is 474 Å². The first-order valence-corrected chi connectivity index (χ1v) is 31.9. The summed E-state index contributed by atoms with van der Waals surface area (Å²) in [5.74, 6) is -0.641. The summed E-state index contributed by atoms with van der Waals surface area (Å²) in [7, 11) is 5.23. The number of anilines is 6. The lowest BCUT2D eigenvalue weighted by Crippen LogP contribution is -2.16. The summed E-state index contributed by atoms with van der Waals surface area (Å²) in [6.07, 6.45) is 8.68. The van der Waals surface area contributed by atoms with Gasteiger partial charge in [0.25, 0.3) is 73.5 Å². The lowest BCUT2D eigenvalue weighted by atomic mass is 10.2. The molecule has 0 aliphatic heterocycles. The number of nitrogens with one attached hydrogen (secondary N) is 6. The molecule has 6 atom stereocenters. The van der Waals surface area contributed by atoms with Gasteiger partial charge in [-0.15, -0.1) is 0 Å². The Morgan fingerprint density at radius 1 is 0.416 bits per heavy atom. The first-order valence-electron chi connectivity index (χ1n) is 24.6. The number of pyridine rings is 6. The number of thiocarbonyl (C=S) groups is 2. The van der Waals surface area contributed by atoms with Gasteiger partial charge in [-0.3, -0.25) is 88.1 Å². The molecule has 89 heavy (non-hydrogen) atoms. The fourth-order valence-electron chi connectivity index (χ4n) is 5.70. The van der Waals surface area contributed by atoms with E-state index in [-0.39, 0.29) is 15.5 Å². The zero-order chi connectivity index (χ0) is 67.3. The van der Waals surface area contributed by atoms with E-state index in [2.05, 4.69) is 75.0 Å². The molecule has 1 amide bonds. The van der Waals surface area contributed by atoms with E-state index in [0.717, 1.165) is 28.5 Å². The van der Waals surface area contributed by atoms with Gasteiger partial charge in [0.15, 0.2) is 0 Å². The van der Waals surface area contributed by atoms with Crippen LogP contribution in [0.25, 0.3) is 0 Å². The third-order valence-corrected chi connectivity index (χ3v) is 14.5. The normalized spacial score (nSPS) is 12.0. The van der Waals surface area contributed by atoms with Crippen molar-refractivity contribution in [2.45, 2.75) is 55.4 Å². The van der Waals surface area contributed by atoms with Crippen LogP contribution >= 0.6 is 24.4 Å². The van der Waals surface area contributed by atoms with Crippen LogP contribution in [0.2, 0.25) is 0 Å². The van der Waals surface area contributed by atoms with E-state index in [1.54, 1.807) is 84.1 Å². The second-order valence-electron chi connectivity index (χ2n) is 16.2. The number of nitriles is 3. The quantitative estimate of drug-likeness (QED) is 0.0384. The first kappa shape index (κ1) is 79.1. The Morgan fingerprint density at radius 2 is 0.629 bits per heavy atom. The van der Waals surface area contributed by atoms with Crippen LogP contribution in [0.4, 0.5) is 34.1 Å². The number of aryl methyl sites for hydroxylation is 6. The minimum absolute atomic E-state index is 0.172. The van der Waals surface area contributed by atoms with Crippen LogP contribution in [0.3, 0.4) is 0 Å². The summed E-state index contributed by atoms with van der Waals surface area (Å²) in [6, 6.07) is 15.7. The van der Waals surface area contributed by atoms with Crippen LogP contribution in [0, 0.1) is 75.5 Å². The van der Waals surface area contributed by atoms with Gasteiger partial charge in [0.2, 0.25) is 0 Å². The summed E-state index contributed by atoms with van der Waals surface area (Å²) in [4.78, 5) is 35.3. The number of carbonyl (C=O) groups is 1. The molecular weight excluding hydrogens is 1320 g/mol. The maximum Gasteiger partial charge on any atom is 0.261 e. The second-order valence-corrected chi connectivity index (χ2v) is 22.9. The highest BCUT2D eigenvalue weighted by Crippen LogP contribution is 2.21. The third-order valence-electron chi connectivity index (χ3n) is 9.62. The number of carbonyl (C=O) groups excluding carboxylic acids is 1. The Kier molecular flexibility index (Phi) is 38.1. The summed E-state index contributed by atoms with van der Waals surface area (Å²) in [5, 5.41) is 26.2. The van der Waals surface area contributed by atoms with E-state index in [1.807, 2.05) is 32.1 Å². The number of rotatable bonds is 23. The second kappa shape index (κ2) is 42.9. The Hall–Kier alpha value is -7.92. The largest absolute Gasteiger partial charge is 0.389 e. The van der Waals surface area contributed by atoms with Gasteiger partial charge in [0, 0.05) is 71.3 Å². The highest BCUT2D eigenvalue weighted by molar-refractivity contribution is 7.83.